The minimum atomic E-state index is -0.461. The second-order valence-corrected chi connectivity index (χ2v) is 9.11. The van der Waals surface area contributed by atoms with Gasteiger partial charge in [0.2, 0.25) is 17.6 Å². The summed E-state index contributed by atoms with van der Waals surface area (Å²) in [6, 6.07) is 11.0. The Morgan fingerprint density at radius 1 is 1.06 bits per heavy atom. The minimum Gasteiger partial charge on any atom is -0.447 e. The fourth-order valence-corrected chi connectivity index (χ4v) is 4.82. The van der Waals surface area contributed by atoms with Crippen molar-refractivity contribution in [2.75, 3.05) is 30.4 Å². The number of pyridine rings is 1. The van der Waals surface area contributed by atoms with Gasteiger partial charge in [0, 0.05) is 30.4 Å². The highest BCUT2D eigenvalue weighted by Gasteiger charge is 2.34. The molecule has 1 aromatic carbocycles. The predicted molar refractivity (Wildman–Crippen MR) is 130 cm³/mol. The van der Waals surface area contributed by atoms with E-state index in [0.717, 1.165) is 18.4 Å². The van der Waals surface area contributed by atoms with Crippen LogP contribution in [0.15, 0.2) is 47.0 Å². The maximum atomic E-state index is 13.2. The molecule has 35 heavy (non-hydrogen) atoms. The van der Waals surface area contributed by atoms with E-state index in [4.69, 9.17) is 9.15 Å². The third kappa shape index (κ3) is 4.90. The lowest BCUT2D eigenvalue weighted by Gasteiger charge is -2.38. The molecule has 5 rings (SSSR count). The Hall–Kier alpha value is -3.72. The molecule has 0 atom stereocenters. The zero-order chi connectivity index (χ0) is 24.4. The Bertz CT molecular complexity index is 1240. The smallest absolute Gasteiger partial charge is 0.293 e. The molecule has 0 unspecified atom stereocenters. The lowest BCUT2D eigenvalue weighted by atomic mass is 9.84. The van der Waals surface area contributed by atoms with Gasteiger partial charge >= 0.3 is 0 Å². The van der Waals surface area contributed by atoms with E-state index in [1.165, 1.54) is 0 Å². The lowest BCUT2D eigenvalue weighted by molar-refractivity contribution is -0.146. The number of nitrogens with zero attached hydrogens (tertiary/aromatic N) is 2. The van der Waals surface area contributed by atoms with Gasteiger partial charge in [0.05, 0.1) is 6.61 Å². The number of carbonyl (C=O) groups excluding carboxylic acids is 3. The van der Waals surface area contributed by atoms with Crippen molar-refractivity contribution in [3.8, 4) is 0 Å². The molecule has 2 aromatic heterocycles. The maximum Gasteiger partial charge on any atom is 0.293 e. The highest BCUT2D eigenvalue weighted by atomic mass is 16.5. The Kier molecular flexibility index (Phi) is 6.50. The second kappa shape index (κ2) is 9.87. The summed E-state index contributed by atoms with van der Waals surface area (Å²) in [6.07, 6.45) is 4.44. The summed E-state index contributed by atoms with van der Waals surface area (Å²) < 4.78 is 11.0. The molecular weight excluding hydrogens is 448 g/mol. The normalized spacial score (nSPS) is 20.6. The fourth-order valence-electron chi connectivity index (χ4n) is 4.82. The fraction of sp³-hybridized carbons (Fsp3) is 0.385. The number of ether oxygens (including phenoxy) is 1. The number of amides is 3. The van der Waals surface area contributed by atoms with Crippen LogP contribution >= 0.6 is 0 Å². The topological polar surface area (TPSA) is 114 Å². The van der Waals surface area contributed by atoms with E-state index in [-0.39, 0.29) is 41.8 Å². The third-order valence-corrected chi connectivity index (χ3v) is 6.74. The first-order chi connectivity index (χ1) is 17.0. The number of morpholine rings is 1. The number of hydrogen-bond acceptors (Lipinski definition) is 6. The van der Waals surface area contributed by atoms with Crippen LogP contribution in [0.25, 0.3) is 11.1 Å². The van der Waals surface area contributed by atoms with Crippen LogP contribution in [-0.2, 0) is 14.3 Å². The number of hydrogen-bond donors (Lipinski definition) is 2. The highest BCUT2D eigenvalue weighted by Crippen LogP contribution is 2.33. The molecule has 1 aliphatic heterocycles. The molecule has 1 saturated heterocycles. The zero-order valence-corrected chi connectivity index (χ0v) is 19.6. The van der Waals surface area contributed by atoms with Gasteiger partial charge in [-0.05, 0) is 56.9 Å². The minimum absolute atomic E-state index is 0.0141. The first-order valence-corrected chi connectivity index (χ1v) is 11.9. The van der Waals surface area contributed by atoms with E-state index >= 15 is 0 Å². The number of benzene rings is 1. The van der Waals surface area contributed by atoms with Crippen molar-refractivity contribution in [1.29, 1.82) is 0 Å². The van der Waals surface area contributed by atoms with Crippen LogP contribution < -0.4 is 10.6 Å². The van der Waals surface area contributed by atoms with Gasteiger partial charge in [0.15, 0.2) is 5.58 Å². The van der Waals surface area contributed by atoms with Crippen molar-refractivity contribution in [2.45, 2.75) is 38.6 Å². The average Bonchev–Trinajstić information content (AvgIpc) is 3.24. The van der Waals surface area contributed by atoms with E-state index in [1.807, 2.05) is 36.1 Å². The first-order valence-electron chi connectivity index (χ1n) is 11.9. The van der Waals surface area contributed by atoms with Crippen molar-refractivity contribution in [3.63, 3.8) is 0 Å². The number of nitrogens with one attached hydrogen (secondary N) is 2. The van der Waals surface area contributed by atoms with Gasteiger partial charge in [-0.2, -0.15) is 0 Å². The first kappa shape index (κ1) is 23.0. The molecule has 0 bridgehead atoms. The van der Waals surface area contributed by atoms with Gasteiger partial charge in [-0.3, -0.25) is 19.4 Å². The monoisotopic (exact) mass is 476 g/mol. The number of furan rings is 1. The molecule has 182 valence electrons. The van der Waals surface area contributed by atoms with Gasteiger partial charge < -0.3 is 24.7 Å². The summed E-state index contributed by atoms with van der Waals surface area (Å²) >= 11 is 0. The number of aryl methyl sites for hydroxylation is 1. The van der Waals surface area contributed by atoms with Crippen molar-refractivity contribution >= 4 is 40.2 Å². The van der Waals surface area contributed by atoms with E-state index in [1.54, 1.807) is 18.3 Å². The van der Waals surface area contributed by atoms with Gasteiger partial charge in [-0.25, -0.2) is 0 Å². The van der Waals surface area contributed by atoms with E-state index in [9.17, 15) is 14.4 Å². The summed E-state index contributed by atoms with van der Waals surface area (Å²) in [5.74, 6) is -0.820. The molecule has 0 radical (unpaired) electrons. The molecule has 2 N–H and O–H groups in total. The van der Waals surface area contributed by atoms with Crippen LogP contribution in [0, 0.1) is 12.8 Å². The summed E-state index contributed by atoms with van der Waals surface area (Å²) in [5.41, 5.74) is 2.84. The Morgan fingerprint density at radius 2 is 1.83 bits per heavy atom. The molecule has 3 heterocycles. The lowest BCUT2D eigenvalue weighted by Crippen LogP contribution is -2.49. The van der Waals surface area contributed by atoms with E-state index < -0.39 is 5.91 Å². The molecule has 9 nitrogen and oxygen atoms in total. The van der Waals surface area contributed by atoms with Gasteiger partial charge in [0.25, 0.3) is 5.91 Å². The predicted octanol–water partition coefficient (Wildman–Crippen LogP) is 3.74. The molecule has 3 amide bonds. The van der Waals surface area contributed by atoms with Crippen molar-refractivity contribution in [2.24, 2.45) is 5.92 Å². The maximum absolute atomic E-state index is 13.2. The van der Waals surface area contributed by atoms with Crippen molar-refractivity contribution in [1.82, 2.24) is 9.88 Å². The Morgan fingerprint density at radius 3 is 2.57 bits per heavy atom. The van der Waals surface area contributed by atoms with Crippen LogP contribution in [0.5, 0.6) is 0 Å². The molecule has 1 aliphatic carbocycles. The Labute approximate surface area is 202 Å². The molecule has 2 fully saturated rings. The van der Waals surface area contributed by atoms with Crippen LogP contribution in [0.4, 0.5) is 11.4 Å². The summed E-state index contributed by atoms with van der Waals surface area (Å²) in [4.78, 5) is 44.7. The third-order valence-electron chi connectivity index (χ3n) is 6.74. The SMILES string of the molecule is Cc1ccc(NC(=O)c2oc3cccnc3c2NC(=O)[C@H]2CC[C@H](N3CCOCC3=O)CC2)cc1. The van der Waals surface area contributed by atoms with Crippen LogP contribution in [-0.4, -0.2) is 53.4 Å². The molecule has 0 spiro atoms. The van der Waals surface area contributed by atoms with Crippen LogP contribution in [0.2, 0.25) is 0 Å². The number of fused-ring (bicyclic) bond motifs is 1. The molecule has 1 saturated carbocycles. The number of aromatic nitrogens is 1. The Balaban J connectivity index is 1.30. The van der Waals surface area contributed by atoms with E-state index in [2.05, 4.69) is 15.6 Å². The van der Waals surface area contributed by atoms with Crippen LogP contribution in [0.3, 0.4) is 0 Å². The summed E-state index contributed by atoms with van der Waals surface area (Å²) in [5, 5.41) is 5.75. The zero-order valence-electron chi connectivity index (χ0n) is 19.6. The van der Waals surface area contributed by atoms with Crippen molar-refractivity contribution in [3.05, 3.63) is 53.9 Å². The van der Waals surface area contributed by atoms with E-state index in [0.29, 0.717) is 42.8 Å². The second-order valence-electron chi connectivity index (χ2n) is 9.11. The number of carbonyl (C=O) groups is 3. The average molecular weight is 477 g/mol. The van der Waals surface area contributed by atoms with Gasteiger partial charge in [-0.1, -0.05) is 17.7 Å². The van der Waals surface area contributed by atoms with Crippen LogP contribution in [0.1, 0.15) is 41.8 Å². The molecule has 3 aromatic rings. The molecular formula is C26H28N4O5. The number of rotatable bonds is 5. The largest absolute Gasteiger partial charge is 0.447 e. The quantitative estimate of drug-likeness (QED) is 0.580. The molecule has 9 heteroatoms. The number of anilines is 2. The highest BCUT2D eigenvalue weighted by molar-refractivity contribution is 6.13. The van der Waals surface area contributed by atoms with Gasteiger partial charge in [-0.15, -0.1) is 0 Å². The molecule has 2 aliphatic rings. The van der Waals surface area contributed by atoms with Gasteiger partial charge in [0.1, 0.15) is 17.8 Å². The van der Waals surface area contributed by atoms with Crippen molar-refractivity contribution < 1.29 is 23.5 Å². The standard InChI is InChI=1S/C26H28N4O5/c1-16-4-8-18(9-5-16)28-26(33)24-23(22-20(35-24)3-2-12-27-22)29-25(32)17-6-10-19(11-7-17)30-13-14-34-15-21(30)31/h2-5,8-9,12,17,19H,6-7,10-11,13-15H2,1H3,(H,28,33)(H,29,32)/t17-,19-. The summed E-state index contributed by atoms with van der Waals surface area (Å²) in [6.45, 7) is 3.26. The summed E-state index contributed by atoms with van der Waals surface area (Å²) in [7, 11) is 0.